The molecule has 1 aliphatic rings. The standard InChI is InChI=1S/C14H21N/c1-11(10-15)13-8-4-2-6-12-7-3-5-9-14(12)13/h3,5,7,9,11,13H,2,4,6,8,10,15H2,1H3. The highest BCUT2D eigenvalue weighted by molar-refractivity contribution is 5.32. The minimum atomic E-state index is 0.615. The highest BCUT2D eigenvalue weighted by atomic mass is 14.5. The summed E-state index contributed by atoms with van der Waals surface area (Å²) < 4.78 is 0. The third-order valence-electron chi connectivity index (χ3n) is 3.72. The van der Waals surface area contributed by atoms with E-state index >= 15 is 0 Å². The fourth-order valence-electron chi connectivity index (χ4n) is 2.71. The van der Waals surface area contributed by atoms with Crippen molar-refractivity contribution in [1.29, 1.82) is 0 Å². The van der Waals surface area contributed by atoms with Crippen LogP contribution in [0.5, 0.6) is 0 Å². The van der Waals surface area contributed by atoms with Crippen LogP contribution in [0.25, 0.3) is 0 Å². The van der Waals surface area contributed by atoms with Gasteiger partial charge in [-0.05, 0) is 48.8 Å². The number of nitrogens with two attached hydrogens (primary N) is 1. The highest BCUT2D eigenvalue weighted by Crippen LogP contribution is 2.35. The molecule has 0 fully saturated rings. The summed E-state index contributed by atoms with van der Waals surface area (Å²) >= 11 is 0. The molecule has 1 aromatic rings. The van der Waals surface area contributed by atoms with E-state index in [0.717, 1.165) is 6.54 Å². The Morgan fingerprint density at radius 1 is 1.33 bits per heavy atom. The van der Waals surface area contributed by atoms with Gasteiger partial charge in [0.25, 0.3) is 0 Å². The number of aryl methyl sites for hydroxylation is 1. The molecular weight excluding hydrogens is 182 g/mol. The first-order valence-corrected chi connectivity index (χ1v) is 6.11. The number of rotatable bonds is 2. The lowest BCUT2D eigenvalue weighted by Gasteiger charge is -2.23. The second-order valence-corrected chi connectivity index (χ2v) is 4.76. The molecule has 1 heteroatoms. The monoisotopic (exact) mass is 203 g/mol. The number of fused-ring (bicyclic) bond motifs is 1. The topological polar surface area (TPSA) is 26.0 Å². The summed E-state index contributed by atoms with van der Waals surface area (Å²) in [7, 11) is 0. The summed E-state index contributed by atoms with van der Waals surface area (Å²) in [5.41, 5.74) is 8.93. The van der Waals surface area contributed by atoms with Crippen molar-refractivity contribution in [3.63, 3.8) is 0 Å². The molecule has 0 spiro atoms. The van der Waals surface area contributed by atoms with E-state index in [1.165, 1.54) is 25.7 Å². The minimum absolute atomic E-state index is 0.615. The molecule has 0 saturated carbocycles. The predicted octanol–water partition coefficient (Wildman–Crippen LogP) is 3.09. The molecule has 82 valence electrons. The van der Waals surface area contributed by atoms with Crippen LogP contribution in [0.1, 0.15) is 43.2 Å². The van der Waals surface area contributed by atoms with Crippen molar-refractivity contribution in [2.24, 2.45) is 11.7 Å². The normalized spacial score (nSPS) is 22.9. The van der Waals surface area contributed by atoms with Crippen molar-refractivity contribution < 1.29 is 0 Å². The molecule has 1 aromatic carbocycles. The van der Waals surface area contributed by atoms with Gasteiger partial charge in [0, 0.05) is 0 Å². The molecule has 15 heavy (non-hydrogen) atoms. The second kappa shape index (κ2) is 4.80. The Hall–Kier alpha value is -0.820. The largest absolute Gasteiger partial charge is 0.330 e. The Morgan fingerprint density at radius 3 is 2.93 bits per heavy atom. The van der Waals surface area contributed by atoms with Gasteiger partial charge in [-0.3, -0.25) is 0 Å². The van der Waals surface area contributed by atoms with Crippen LogP contribution >= 0.6 is 0 Å². The fraction of sp³-hybridized carbons (Fsp3) is 0.571. The van der Waals surface area contributed by atoms with Gasteiger partial charge in [0.1, 0.15) is 0 Å². The average molecular weight is 203 g/mol. The Balaban J connectivity index is 2.32. The SMILES string of the molecule is CC(CN)C1CCCCc2ccccc21. The van der Waals surface area contributed by atoms with Gasteiger partial charge in [-0.2, -0.15) is 0 Å². The molecule has 2 atom stereocenters. The van der Waals surface area contributed by atoms with Crippen LogP contribution in [0.3, 0.4) is 0 Å². The Labute approximate surface area is 92.7 Å². The molecule has 0 radical (unpaired) electrons. The van der Waals surface area contributed by atoms with Crippen LogP contribution in [0.15, 0.2) is 24.3 Å². The second-order valence-electron chi connectivity index (χ2n) is 4.76. The van der Waals surface area contributed by atoms with Crippen molar-refractivity contribution >= 4 is 0 Å². The molecule has 0 saturated heterocycles. The molecule has 0 amide bonds. The van der Waals surface area contributed by atoms with E-state index in [1.807, 2.05) is 0 Å². The van der Waals surface area contributed by atoms with Crippen molar-refractivity contribution in [2.75, 3.05) is 6.54 Å². The average Bonchev–Trinajstić information content (AvgIpc) is 2.50. The number of hydrogen-bond acceptors (Lipinski definition) is 1. The van der Waals surface area contributed by atoms with Gasteiger partial charge < -0.3 is 5.73 Å². The van der Waals surface area contributed by atoms with Crippen molar-refractivity contribution in [3.05, 3.63) is 35.4 Å². The third-order valence-corrected chi connectivity index (χ3v) is 3.72. The van der Waals surface area contributed by atoms with Gasteiger partial charge in [-0.15, -0.1) is 0 Å². The molecule has 0 aliphatic heterocycles. The molecule has 0 heterocycles. The zero-order valence-corrected chi connectivity index (χ0v) is 9.58. The first-order valence-electron chi connectivity index (χ1n) is 6.11. The van der Waals surface area contributed by atoms with E-state index in [2.05, 4.69) is 31.2 Å². The lowest BCUT2D eigenvalue weighted by molar-refractivity contribution is 0.436. The summed E-state index contributed by atoms with van der Waals surface area (Å²) in [5.74, 6) is 1.30. The van der Waals surface area contributed by atoms with Crippen molar-refractivity contribution in [1.82, 2.24) is 0 Å². The fourth-order valence-corrected chi connectivity index (χ4v) is 2.71. The van der Waals surface area contributed by atoms with Gasteiger partial charge in [0.05, 0.1) is 0 Å². The zero-order chi connectivity index (χ0) is 10.7. The quantitative estimate of drug-likeness (QED) is 0.734. The van der Waals surface area contributed by atoms with Crippen LogP contribution in [-0.4, -0.2) is 6.54 Å². The van der Waals surface area contributed by atoms with Crippen LogP contribution < -0.4 is 5.73 Å². The number of benzene rings is 1. The molecule has 1 aliphatic carbocycles. The Kier molecular flexibility index (Phi) is 3.42. The first kappa shape index (κ1) is 10.7. The summed E-state index contributed by atoms with van der Waals surface area (Å²) in [6.07, 6.45) is 5.26. The van der Waals surface area contributed by atoms with E-state index in [0.29, 0.717) is 11.8 Å². The summed E-state index contributed by atoms with van der Waals surface area (Å²) in [5, 5.41) is 0. The minimum Gasteiger partial charge on any atom is -0.330 e. The van der Waals surface area contributed by atoms with E-state index in [9.17, 15) is 0 Å². The molecule has 2 N–H and O–H groups in total. The molecule has 0 aromatic heterocycles. The van der Waals surface area contributed by atoms with E-state index < -0.39 is 0 Å². The summed E-state index contributed by atoms with van der Waals surface area (Å²) in [6.45, 7) is 3.09. The van der Waals surface area contributed by atoms with Gasteiger partial charge in [0.2, 0.25) is 0 Å². The molecule has 2 rings (SSSR count). The molecule has 1 nitrogen and oxygen atoms in total. The smallest absolute Gasteiger partial charge is 0.00457 e. The summed E-state index contributed by atoms with van der Waals surface area (Å²) in [6, 6.07) is 8.92. The maximum atomic E-state index is 5.81. The maximum absolute atomic E-state index is 5.81. The van der Waals surface area contributed by atoms with E-state index in [-0.39, 0.29) is 0 Å². The van der Waals surface area contributed by atoms with E-state index in [1.54, 1.807) is 11.1 Å². The predicted molar refractivity (Wildman–Crippen MR) is 65.0 cm³/mol. The molecule has 0 bridgehead atoms. The van der Waals surface area contributed by atoms with Crippen LogP contribution in [0.4, 0.5) is 0 Å². The van der Waals surface area contributed by atoms with Gasteiger partial charge in [-0.1, -0.05) is 37.6 Å². The zero-order valence-electron chi connectivity index (χ0n) is 9.58. The Morgan fingerprint density at radius 2 is 2.13 bits per heavy atom. The summed E-state index contributed by atoms with van der Waals surface area (Å²) in [4.78, 5) is 0. The van der Waals surface area contributed by atoms with E-state index in [4.69, 9.17) is 5.73 Å². The highest BCUT2D eigenvalue weighted by Gasteiger charge is 2.22. The Bertz CT molecular complexity index is 319. The van der Waals surface area contributed by atoms with Gasteiger partial charge in [0.15, 0.2) is 0 Å². The van der Waals surface area contributed by atoms with Gasteiger partial charge >= 0.3 is 0 Å². The maximum Gasteiger partial charge on any atom is -0.00457 e. The van der Waals surface area contributed by atoms with Crippen LogP contribution in [0.2, 0.25) is 0 Å². The van der Waals surface area contributed by atoms with Crippen molar-refractivity contribution in [2.45, 2.75) is 38.5 Å². The van der Waals surface area contributed by atoms with Crippen LogP contribution in [-0.2, 0) is 6.42 Å². The first-order chi connectivity index (χ1) is 7.33. The molecule has 2 unspecified atom stereocenters. The van der Waals surface area contributed by atoms with Crippen LogP contribution in [0, 0.1) is 5.92 Å². The lowest BCUT2D eigenvalue weighted by atomic mass is 9.83. The number of hydrogen-bond donors (Lipinski definition) is 1. The lowest BCUT2D eigenvalue weighted by Crippen LogP contribution is -2.19. The third kappa shape index (κ3) is 2.23. The van der Waals surface area contributed by atoms with Gasteiger partial charge in [-0.25, -0.2) is 0 Å². The van der Waals surface area contributed by atoms with Crippen molar-refractivity contribution in [3.8, 4) is 0 Å². The molecular formula is C14H21N.